The van der Waals surface area contributed by atoms with E-state index in [9.17, 15) is 0 Å². The lowest BCUT2D eigenvalue weighted by molar-refractivity contribution is 0.359. The average molecular weight is 2020 g/mol. The monoisotopic (exact) mass is 2020 g/mol. The first-order valence-corrected chi connectivity index (χ1v) is 78.1. The molecule has 0 spiro atoms. The Morgan fingerprint density at radius 3 is 0.926 bits per heavy atom. The van der Waals surface area contributed by atoms with Crippen LogP contribution in [0.15, 0.2) is 208 Å². The molecule has 0 amide bonds. The molecule has 0 aromatic carbocycles. The van der Waals surface area contributed by atoms with Crippen molar-refractivity contribution in [3.63, 3.8) is 0 Å². The zero-order chi connectivity index (χ0) is 103. The molecule has 18 heteroatoms. The molecule has 0 aromatic heterocycles. The largest absolute Gasteiger partial charge is 0.546 e. The van der Waals surface area contributed by atoms with Gasteiger partial charge in [-0.2, -0.15) is 0 Å². The molecule has 3 unspecified atom stereocenters. The topological polar surface area (TPSA) is 83.1 Å². The van der Waals surface area contributed by atoms with Gasteiger partial charge in [0.2, 0.25) is 74.9 Å². The minimum Gasteiger partial charge on any atom is -0.546 e. The van der Waals surface area contributed by atoms with Crippen LogP contribution in [0.3, 0.4) is 0 Å². The van der Waals surface area contributed by atoms with E-state index in [1.807, 2.05) is 0 Å². The Hall–Kier alpha value is -4.53. The van der Waals surface area contributed by atoms with Crippen molar-refractivity contribution in [3.8, 4) is 0 Å². The molecule has 9 rings (SSSR count). The first-order chi connectivity index (χ1) is 63.7. The van der Waals surface area contributed by atoms with Gasteiger partial charge >= 0.3 is 0 Å². The molecule has 0 heterocycles. The van der Waals surface area contributed by atoms with E-state index in [1.54, 1.807) is 0 Å². The Kier molecular flexibility index (Phi) is 59.8. The maximum Gasteiger partial charge on any atom is 0.250 e. The summed E-state index contributed by atoms with van der Waals surface area (Å²) in [5.41, 5.74) is 21.0. The first kappa shape index (κ1) is 128. The van der Waals surface area contributed by atoms with E-state index < -0.39 is 74.9 Å². The van der Waals surface area contributed by atoms with Crippen LogP contribution < -0.4 is 0 Å². The van der Waals surface area contributed by atoms with Gasteiger partial charge in [-0.15, -0.1) is 0 Å². The Morgan fingerprint density at radius 1 is 0.267 bits per heavy atom. The van der Waals surface area contributed by atoms with Gasteiger partial charge < -0.3 is 39.8 Å². The van der Waals surface area contributed by atoms with Crippen molar-refractivity contribution in [1.29, 1.82) is 0 Å². The van der Waals surface area contributed by atoms with Gasteiger partial charge in [0.05, 0.1) is 51.8 Å². The van der Waals surface area contributed by atoms with Crippen LogP contribution in [0, 0.1) is 17.8 Å². The van der Waals surface area contributed by atoms with E-state index >= 15 is 0 Å². The Balaban J connectivity index is 0.000000760. The van der Waals surface area contributed by atoms with Gasteiger partial charge in [-0.1, -0.05) is 291 Å². The predicted octanol–water partition coefficient (Wildman–Crippen LogP) is 41.3. The van der Waals surface area contributed by atoms with Gasteiger partial charge in [-0.05, 0) is 341 Å². The SMILES string of the molecule is CC[Si](CC)(CC)OC1=C(C)C(C)=C(C)C1.CC[Si](CC)(CC)OC1=C(C)C(C)=C(C)C1C.CC[Si](CC)(CC)OC1=C(C)C(C)=CC1.CC[Si](CC)(CC)OC1=C(C)C(C)=CC1C.CC[Si](CC)(CC)OC1=C(C)C=C(C)C1.CC[Si](CC)(CC)OC1=C(C)C=CC1.CC[Si](CC)(CC)OC1=C(C)C=CC1C.CC[Si](CC)(CC)OC1=CC(C)=CC1.CC[Si](CC)(CC)OC1=CC=CC1. The number of hydrogen-bond acceptors (Lipinski definition) is 9. The van der Waals surface area contributed by atoms with Crippen LogP contribution in [0.2, 0.25) is 163 Å². The number of rotatable bonds is 45. The molecule has 0 saturated carbocycles. The third-order valence-electron chi connectivity index (χ3n) is 34.2. The fourth-order valence-electron chi connectivity index (χ4n) is 19.7. The fourth-order valence-corrected chi connectivity index (χ4v) is 44.0. The summed E-state index contributed by atoms with van der Waals surface area (Å²) in [6, 6.07) is 33.2. The van der Waals surface area contributed by atoms with Gasteiger partial charge in [-0.3, -0.25) is 0 Å². The summed E-state index contributed by atoms with van der Waals surface area (Å²) in [5, 5.41) is 0. The molecule has 0 aromatic rings. The van der Waals surface area contributed by atoms with Crippen LogP contribution in [0.5, 0.6) is 0 Å². The van der Waals surface area contributed by atoms with Crippen molar-refractivity contribution >= 4 is 74.9 Å². The molecule has 9 aliphatic rings. The zero-order valence-electron chi connectivity index (χ0n) is 97.2. The highest BCUT2D eigenvalue weighted by molar-refractivity contribution is 6.77. The van der Waals surface area contributed by atoms with E-state index in [1.165, 1.54) is 299 Å². The molecule has 0 bridgehead atoms. The van der Waals surface area contributed by atoms with Crippen molar-refractivity contribution in [2.75, 3.05) is 0 Å². The standard InChI is InChI=1S/C15H28OSi.2C14H26OSi.3C13H24OSi.2C12H22OSi.C11H20OSi/c1-8-17(9-2,10-3)16-15-13(6)11(4)12(5)14(15)7;1-7-16(8-2,9-3)15-14-10-11(4)12(5)13(14)6;1-7-16(8-2,9-3)15-14-12(5)10-11(4)13(14)6;1-6-15(7-2,8-3)14-13-10-11(4)9-12(13)5;1-6-15(7-2,8-3)14-13-10-9-11(4)12(13)5;1-6-15(7-2,8-3)14-13-11(4)9-10-12(13)5;1-5-14(6-2,7-3)13-12-9-8-11(4)10-12;1-5-14(6-2,7-3)13-12-10-8-9-11(12)4;1-4-13(5-2,6-3)12-11-9-7-8-10-11/h13H,8-10H2,1-7H3;7-10H2,1-6H3;10,12H,7-9H2,1-6H3;2*9H,6-8,10H2,1-5H3;9-11H,6-8H2,1-5H3;8,10H,5-7,9H2,1-4H3;8-9H,5-7,10H2,1-4H3;7-9H,4-6,10H2,1-3H3. The normalized spacial score (nSPS) is 18.4. The van der Waals surface area contributed by atoms with E-state index in [2.05, 4.69) is 384 Å². The Labute approximate surface area is 847 Å². The van der Waals surface area contributed by atoms with Crippen LogP contribution >= 0.6 is 0 Å². The molecule has 0 saturated heterocycles. The van der Waals surface area contributed by atoms with E-state index in [4.69, 9.17) is 39.8 Å². The smallest absolute Gasteiger partial charge is 0.250 e. The molecule has 9 aliphatic carbocycles. The molecule has 9 nitrogen and oxygen atoms in total. The maximum absolute atomic E-state index is 6.59. The second-order valence-corrected chi connectivity index (χ2v) is 83.0. The van der Waals surface area contributed by atoms with Crippen LogP contribution in [0.4, 0.5) is 0 Å². The second kappa shape index (κ2) is 62.8. The lowest BCUT2D eigenvalue weighted by atomic mass is 10.0. The quantitative estimate of drug-likeness (QED) is 0.0554. The van der Waals surface area contributed by atoms with Crippen molar-refractivity contribution < 1.29 is 39.8 Å². The van der Waals surface area contributed by atoms with Crippen molar-refractivity contribution in [3.05, 3.63) is 208 Å². The van der Waals surface area contributed by atoms with Crippen LogP contribution in [0.1, 0.15) is 350 Å². The Morgan fingerprint density at radius 2 is 0.637 bits per heavy atom. The average Bonchev–Trinajstić information content (AvgIpc) is 1.64. The summed E-state index contributed by atoms with van der Waals surface area (Å²) in [5.74, 6) is 12.7. The minimum absolute atomic E-state index is 0.483. The molecule has 0 radical (unpaired) electrons. The Bertz CT molecular complexity index is 4150. The lowest BCUT2D eigenvalue weighted by Crippen LogP contribution is -2.36. The van der Waals surface area contributed by atoms with E-state index in [0.717, 1.165) is 38.5 Å². The number of allylic oxidation sites excluding steroid dienone is 27. The lowest BCUT2D eigenvalue weighted by Gasteiger charge is -2.32. The van der Waals surface area contributed by atoms with E-state index in [0.29, 0.717) is 17.8 Å². The fraction of sp³-hybridized carbons (Fsp3) is 0.692. The van der Waals surface area contributed by atoms with Gasteiger partial charge in [0.1, 0.15) is 0 Å². The molecule has 3 atom stereocenters. The predicted molar refractivity (Wildman–Crippen MR) is 624 cm³/mol. The van der Waals surface area contributed by atoms with E-state index in [-0.39, 0.29) is 0 Å². The molecule has 135 heavy (non-hydrogen) atoms. The number of hydrogen-bond donors (Lipinski definition) is 0. The molecule has 0 fully saturated rings. The second-order valence-electron chi connectivity index (χ2n) is 40.7. The van der Waals surface area contributed by atoms with Crippen LogP contribution in [-0.4, -0.2) is 74.9 Å². The highest BCUT2D eigenvalue weighted by atomic mass is 28.4. The molecular weight excluding hydrogens is 1800 g/mol. The zero-order valence-corrected chi connectivity index (χ0v) is 106. The van der Waals surface area contributed by atoms with Crippen LogP contribution in [-0.2, 0) is 39.8 Å². The van der Waals surface area contributed by atoms with Crippen LogP contribution in [0.25, 0.3) is 0 Å². The van der Waals surface area contributed by atoms with Crippen molar-refractivity contribution in [2.24, 2.45) is 17.8 Å². The molecule has 0 N–H and O–H groups in total. The van der Waals surface area contributed by atoms with Crippen molar-refractivity contribution in [2.45, 2.75) is 513 Å². The first-order valence-electron chi connectivity index (χ1n) is 55.3. The summed E-state index contributed by atoms with van der Waals surface area (Å²) in [6.45, 7) is 101. The molecule has 774 valence electrons. The van der Waals surface area contributed by atoms with Gasteiger partial charge in [0.25, 0.3) is 0 Å². The summed E-state index contributed by atoms with van der Waals surface area (Å²) in [7, 11) is -13.0. The maximum atomic E-state index is 6.59. The van der Waals surface area contributed by atoms with Gasteiger partial charge in [0.15, 0.2) is 0 Å². The van der Waals surface area contributed by atoms with Crippen molar-refractivity contribution in [1.82, 2.24) is 0 Å². The summed E-state index contributed by atoms with van der Waals surface area (Å²) < 4.78 is 57.6. The summed E-state index contributed by atoms with van der Waals surface area (Å²) in [4.78, 5) is 0. The third-order valence-corrected chi connectivity index (χ3v) is 75.0. The molecule has 0 aliphatic heterocycles. The highest BCUT2D eigenvalue weighted by Gasteiger charge is 2.42. The third kappa shape index (κ3) is 37.3. The summed E-state index contributed by atoms with van der Waals surface area (Å²) >= 11 is 0. The molecular formula is C117H216O9Si9. The van der Waals surface area contributed by atoms with Gasteiger partial charge in [-0.25, -0.2) is 0 Å². The minimum atomic E-state index is -1.51. The summed E-state index contributed by atoms with van der Waals surface area (Å²) in [6.07, 6.45) is 32.6. The van der Waals surface area contributed by atoms with Gasteiger partial charge in [0, 0.05) is 56.3 Å². The highest BCUT2D eigenvalue weighted by Crippen LogP contribution is 2.44.